The molecule has 0 aromatic heterocycles. The highest BCUT2D eigenvalue weighted by Crippen LogP contribution is 2.48. The lowest BCUT2D eigenvalue weighted by atomic mass is 9.84. The van der Waals surface area contributed by atoms with E-state index in [1.54, 1.807) is 0 Å². The molecule has 192 valence electrons. The minimum absolute atomic E-state index is 0.0649. The average Bonchev–Trinajstić information content (AvgIpc) is 2.92. The van der Waals surface area contributed by atoms with E-state index in [2.05, 4.69) is 16.0 Å². The summed E-state index contributed by atoms with van der Waals surface area (Å²) in [5, 5.41) is 15.8. The molecule has 0 aliphatic heterocycles. The van der Waals surface area contributed by atoms with E-state index in [9.17, 15) is 19.2 Å². The van der Waals surface area contributed by atoms with E-state index in [0.29, 0.717) is 0 Å². The first-order chi connectivity index (χ1) is 17.8. The maximum atomic E-state index is 13.0. The molecular weight excluding hydrogens is 490 g/mol. The Morgan fingerprint density at radius 3 is 1.62 bits per heavy atom. The zero-order valence-corrected chi connectivity index (χ0v) is 21.2. The summed E-state index contributed by atoms with van der Waals surface area (Å²) in [6.07, 6.45) is 0. The summed E-state index contributed by atoms with van der Waals surface area (Å²) < 4.78 is -0.672. The highest BCUT2D eigenvalue weighted by molar-refractivity contribution is 8.01. The van der Waals surface area contributed by atoms with Gasteiger partial charge < -0.3 is 21.1 Å². The number of thioether (sulfide) groups is 1. The molecule has 1 unspecified atom stereocenters. The van der Waals surface area contributed by atoms with E-state index in [1.165, 1.54) is 18.7 Å². The number of carboxylic acids is 1. The van der Waals surface area contributed by atoms with Crippen LogP contribution < -0.4 is 16.0 Å². The number of aliphatic carboxylic acids is 1. The molecule has 0 saturated heterocycles. The van der Waals surface area contributed by atoms with Crippen molar-refractivity contribution in [3.05, 3.63) is 108 Å². The van der Waals surface area contributed by atoms with Crippen LogP contribution in [0, 0.1) is 0 Å². The largest absolute Gasteiger partial charge is 0.480 e. The number of amides is 3. The van der Waals surface area contributed by atoms with Gasteiger partial charge in [-0.15, -0.1) is 11.8 Å². The smallest absolute Gasteiger partial charge is 0.322 e. The van der Waals surface area contributed by atoms with E-state index < -0.39 is 35.1 Å². The molecule has 0 saturated carbocycles. The Hall–Kier alpha value is -4.11. The molecule has 9 heteroatoms. The summed E-state index contributed by atoms with van der Waals surface area (Å²) in [5.74, 6) is -2.65. The summed E-state index contributed by atoms with van der Waals surface area (Å²) >= 11 is 1.45. The first kappa shape index (κ1) is 27.5. The van der Waals surface area contributed by atoms with Crippen molar-refractivity contribution >= 4 is 35.5 Å². The fraction of sp³-hybridized carbons (Fsp3) is 0.214. The minimum Gasteiger partial charge on any atom is -0.480 e. The SMILES string of the molecule is CC(NC(=O)CSC(c1ccccc1)(c1ccccc1)c1ccccc1)C(=O)NCC(=O)NCC(=O)O. The van der Waals surface area contributed by atoms with Crippen LogP contribution in [0.3, 0.4) is 0 Å². The number of carbonyl (C=O) groups is 4. The molecule has 3 aromatic rings. The second-order valence-corrected chi connectivity index (χ2v) is 9.44. The third-order valence-corrected chi connectivity index (χ3v) is 7.14. The topological polar surface area (TPSA) is 125 Å². The van der Waals surface area contributed by atoms with Gasteiger partial charge in [-0.05, 0) is 23.6 Å². The molecule has 0 aliphatic rings. The summed E-state index contributed by atoms with van der Waals surface area (Å²) in [5.41, 5.74) is 3.05. The fourth-order valence-corrected chi connectivity index (χ4v) is 5.19. The maximum absolute atomic E-state index is 13.0. The number of carboxylic acid groups (broad SMARTS) is 1. The number of hydrogen-bond donors (Lipinski definition) is 4. The first-order valence-corrected chi connectivity index (χ1v) is 12.7. The van der Waals surface area contributed by atoms with Crippen molar-refractivity contribution < 1.29 is 24.3 Å². The van der Waals surface area contributed by atoms with Crippen LogP contribution in [0.2, 0.25) is 0 Å². The van der Waals surface area contributed by atoms with Crippen LogP contribution in [-0.2, 0) is 23.9 Å². The van der Waals surface area contributed by atoms with E-state index in [1.807, 2.05) is 91.0 Å². The van der Waals surface area contributed by atoms with Crippen molar-refractivity contribution in [2.75, 3.05) is 18.8 Å². The molecule has 1 atom stereocenters. The summed E-state index contributed by atoms with van der Waals surface area (Å²) in [6, 6.07) is 29.0. The third-order valence-electron chi connectivity index (χ3n) is 5.59. The average molecular weight is 520 g/mol. The number of rotatable bonds is 12. The van der Waals surface area contributed by atoms with E-state index in [-0.39, 0.29) is 18.2 Å². The summed E-state index contributed by atoms with van der Waals surface area (Å²) in [6.45, 7) is 0.594. The second kappa shape index (κ2) is 13.3. The third kappa shape index (κ3) is 7.44. The maximum Gasteiger partial charge on any atom is 0.322 e. The van der Waals surface area contributed by atoms with Crippen molar-refractivity contribution in [2.24, 2.45) is 0 Å². The lowest BCUT2D eigenvalue weighted by molar-refractivity contribution is -0.137. The fourth-order valence-electron chi connectivity index (χ4n) is 3.85. The Labute approximate surface area is 219 Å². The Bertz CT molecular complexity index is 1110. The predicted molar refractivity (Wildman–Crippen MR) is 143 cm³/mol. The first-order valence-electron chi connectivity index (χ1n) is 11.7. The van der Waals surface area contributed by atoms with Crippen molar-refractivity contribution in [1.82, 2.24) is 16.0 Å². The molecule has 3 amide bonds. The van der Waals surface area contributed by atoms with Crippen LogP contribution in [-0.4, -0.2) is 53.7 Å². The Balaban J connectivity index is 1.74. The quantitative estimate of drug-likeness (QED) is 0.273. The lowest BCUT2D eigenvalue weighted by Gasteiger charge is -2.35. The van der Waals surface area contributed by atoms with Crippen LogP contribution >= 0.6 is 11.8 Å². The second-order valence-electron chi connectivity index (χ2n) is 8.25. The number of carbonyl (C=O) groups excluding carboxylic acids is 3. The molecule has 4 N–H and O–H groups in total. The predicted octanol–water partition coefficient (Wildman–Crippen LogP) is 2.53. The summed E-state index contributed by atoms with van der Waals surface area (Å²) in [4.78, 5) is 47.5. The molecule has 0 bridgehead atoms. The monoisotopic (exact) mass is 519 g/mol. The van der Waals surface area contributed by atoms with E-state index in [0.717, 1.165) is 16.7 Å². The van der Waals surface area contributed by atoms with Gasteiger partial charge in [0.1, 0.15) is 12.6 Å². The number of hydrogen-bond acceptors (Lipinski definition) is 5. The number of benzene rings is 3. The molecule has 0 radical (unpaired) electrons. The Morgan fingerprint density at radius 1 is 0.730 bits per heavy atom. The van der Waals surface area contributed by atoms with E-state index >= 15 is 0 Å². The van der Waals surface area contributed by atoms with Crippen LogP contribution in [0.1, 0.15) is 23.6 Å². The van der Waals surface area contributed by atoms with Crippen LogP contribution in [0.5, 0.6) is 0 Å². The zero-order chi connectivity index (χ0) is 26.7. The molecule has 8 nitrogen and oxygen atoms in total. The van der Waals surface area contributed by atoms with Crippen LogP contribution in [0.4, 0.5) is 0 Å². The highest BCUT2D eigenvalue weighted by atomic mass is 32.2. The van der Waals surface area contributed by atoms with Crippen LogP contribution in [0.15, 0.2) is 91.0 Å². The zero-order valence-electron chi connectivity index (χ0n) is 20.3. The van der Waals surface area contributed by atoms with Gasteiger partial charge in [-0.1, -0.05) is 91.0 Å². The van der Waals surface area contributed by atoms with Gasteiger partial charge in [0.25, 0.3) is 0 Å². The Kier molecular flexibility index (Phi) is 9.85. The van der Waals surface area contributed by atoms with Gasteiger partial charge >= 0.3 is 5.97 Å². The van der Waals surface area contributed by atoms with Gasteiger partial charge in [-0.3, -0.25) is 19.2 Å². The molecule has 0 fully saturated rings. The van der Waals surface area contributed by atoms with Crippen molar-refractivity contribution in [3.8, 4) is 0 Å². The molecule has 3 aromatic carbocycles. The van der Waals surface area contributed by atoms with Gasteiger partial charge in [0.2, 0.25) is 17.7 Å². The van der Waals surface area contributed by atoms with Crippen LogP contribution in [0.25, 0.3) is 0 Å². The van der Waals surface area contributed by atoms with Crippen molar-refractivity contribution in [1.29, 1.82) is 0 Å². The molecule has 37 heavy (non-hydrogen) atoms. The molecular formula is C28H29N3O5S. The number of nitrogens with one attached hydrogen (secondary N) is 3. The lowest BCUT2D eigenvalue weighted by Crippen LogP contribution is -2.48. The normalized spacial score (nSPS) is 11.7. The van der Waals surface area contributed by atoms with Gasteiger partial charge in [-0.25, -0.2) is 0 Å². The Morgan fingerprint density at radius 2 is 1.19 bits per heavy atom. The minimum atomic E-state index is -1.18. The highest BCUT2D eigenvalue weighted by Gasteiger charge is 2.37. The molecule has 0 aliphatic carbocycles. The van der Waals surface area contributed by atoms with Gasteiger partial charge in [0, 0.05) is 0 Å². The van der Waals surface area contributed by atoms with E-state index in [4.69, 9.17) is 5.11 Å². The van der Waals surface area contributed by atoms with Crippen molar-refractivity contribution in [2.45, 2.75) is 17.7 Å². The van der Waals surface area contributed by atoms with Gasteiger partial charge in [-0.2, -0.15) is 0 Å². The molecule has 0 spiro atoms. The summed E-state index contributed by atoms with van der Waals surface area (Å²) in [7, 11) is 0. The van der Waals surface area contributed by atoms with Crippen molar-refractivity contribution in [3.63, 3.8) is 0 Å². The molecule has 0 heterocycles. The van der Waals surface area contributed by atoms with Gasteiger partial charge in [0.15, 0.2) is 0 Å². The van der Waals surface area contributed by atoms with Gasteiger partial charge in [0.05, 0.1) is 17.0 Å². The standard InChI is InChI=1S/C28H29N3O5S/c1-20(27(36)30-17-24(32)29-18-26(34)35)31-25(33)19-37-28(21-11-5-2-6-12-21,22-13-7-3-8-14-22)23-15-9-4-10-16-23/h2-16,20H,17-19H2,1H3,(H,29,32)(H,30,36)(H,31,33)(H,34,35). The molecule has 3 rings (SSSR count).